The molecule has 1 unspecified atom stereocenters. The first-order valence-electron chi connectivity index (χ1n) is 6.57. The topological polar surface area (TPSA) is 12.0 Å². The monoisotopic (exact) mass is 229 g/mol. The molecular formula is C16H23N. The Kier molecular flexibility index (Phi) is 3.68. The molecule has 0 aliphatic heterocycles. The van der Waals surface area contributed by atoms with E-state index in [1.54, 1.807) is 5.57 Å². The molecule has 1 aliphatic rings. The van der Waals surface area contributed by atoms with Gasteiger partial charge in [0.2, 0.25) is 0 Å². The first kappa shape index (κ1) is 12.4. The first-order chi connectivity index (χ1) is 8.13. The van der Waals surface area contributed by atoms with Gasteiger partial charge in [0.25, 0.3) is 0 Å². The second-order valence-electron chi connectivity index (χ2n) is 5.21. The van der Waals surface area contributed by atoms with Crippen LogP contribution in [0.4, 0.5) is 0 Å². The molecule has 1 atom stereocenters. The Balaban J connectivity index is 2.43. The third kappa shape index (κ3) is 2.44. The van der Waals surface area contributed by atoms with Gasteiger partial charge in [0.1, 0.15) is 0 Å². The number of aryl methyl sites for hydroxylation is 3. The van der Waals surface area contributed by atoms with Crippen LogP contribution >= 0.6 is 0 Å². The lowest BCUT2D eigenvalue weighted by Gasteiger charge is -2.23. The maximum Gasteiger partial charge on any atom is 0.0538 e. The zero-order valence-electron chi connectivity index (χ0n) is 11.4. The van der Waals surface area contributed by atoms with Crippen molar-refractivity contribution in [2.24, 2.45) is 0 Å². The van der Waals surface area contributed by atoms with Crippen LogP contribution in [-0.4, -0.2) is 7.05 Å². The third-order valence-electron chi connectivity index (χ3n) is 3.76. The summed E-state index contributed by atoms with van der Waals surface area (Å²) in [6.45, 7) is 6.64. The number of likely N-dealkylation sites (N-methyl/N-ethyl adjacent to an activating group) is 1. The Morgan fingerprint density at radius 2 is 1.76 bits per heavy atom. The molecule has 1 heteroatoms. The van der Waals surface area contributed by atoms with Gasteiger partial charge in [-0.25, -0.2) is 0 Å². The van der Waals surface area contributed by atoms with Gasteiger partial charge in [-0.15, -0.1) is 0 Å². The number of nitrogens with one attached hydrogen (secondary N) is 1. The molecule has 92 valence electrons. The Labute approximate surface area is 105 Å². The van der Waals surface area contributed by atoms with Crippen molar-refractivity contribution in [1.82, 2.24) is 5.32 Å². The molecule has 0 saturated heterocycles. The number of benzene rings is 1. The Morgan fingerprint density at radius 3 is 2.24 bits per heavy atom. The summed E-state index contributed by atoms with van der Waals surface area (Å²) in [5.41, 5.74) is 7.23. The molecule has 0 saturated carbocycles. The smallest absolute Gasteiger partial charge is 0.0538 e. The molecule has 1 aromatic carbocycles. The van der Waals surface area contributed by atoms with Crippen molar-refractivity contribution >= 4 is 0 Å². The minimum absolute atomic E-state index is 0.415. The molecule has 1 aliphatic carbocycles. The fourth-order valence-electron chi connectivity index (χ4n) is 3.12. The summed E-state index contributed by atoms with van der Waals surface area (Å²) < 4.78 is 0. The average molecular weight is 229 g/mol. The lowest BCUT2D eigenvalue weighted by Crippen LogP contribution is -2.20. The maximum absolute atomic E-state index is 3.49. The summed E-state index contributed by atoms with van der Waals surface area (Å²) in [6.07, 6.45) is 6.23. The summed E-state index contributed by atoms with van der Waals surface area (Å²) in [5.74, 6) is 0. The van der Waals surface area contributed by atoms with Crippen molar-refractivity contribution in [3.63, 3.8) is 0 Å². The second-order valence-corrected chi connectivity index (χ2v) is 5.21. The van der Waals surface area contributed by atoms with Crippen molar-refractivity contribution in [3.05, 3.63) is 46.0 Å². The fraction of sp³-hybridized carbons (Fsp3) is 0.500. The van der Waals surface area contributed by atoms with Gasteiger partial charge in [-0.3, -0.25) is 0 Å². The summed E-state index contributed by atoms with van der Waals surface area (Å²) in [5, 5.41) is 3.49. The van der Waals surface area contributed by atoms with E-state index in [1.165, 1.54) is 41.5 Å². The van der Waals surface area contributed by atoms with Crippen molar-refractivity contribution in [2.45, 2.75) is 46.1 Å². The van der Waals surface area contributed by atoms with Crippen LogP contribution in [0.25, 0.3) is 0 Å². The molecule has 1 nitrogen and oxygen atoms in total. The quantitative estimate of drug-likeness (QED) is 0.773. The first-order valence-corrected chi connectivity index (χ1v) is 6.57. The van der Waals surface area contributed by atoms with Crippen LogP contribution in [0.3, 0.4) is 0 Å². The molecule has 1 aromatic rings. The van der Waals surface area contributed by atoms with E-state index in [4.69, 9.17) is 0 Å². The standard InChI is InChI=1S/C16H23N/c1-11-9-12(2)15(13(3)10-11)16(17-4)14-7-5-6-8-14/h7,9-10,16-17H,5-6,8H2,1-4H3. The van der Waals surface area contributed by atoms with Crippen molar-refractivity contribution in [1.29, 1.82) is 0 Å². The third-order valence-corrected chi connectivity index (χ3v) is 3.76. The van der Waals surface area contributed by atoms with Gasteiger partial charge in [0.15, 0.2) is 0 Å². The van der Waals surface area contributed by atoms with Gasteiger partial charge in [-0.2, -0.15) is 0 Å². The summed E-state index contributed by atoms with van der Waals surface area (Å²) in [7, 11) is 2.07. The largest absolute Gasteiger partial charge is 0.310 e. The number of rotatable bonds is 3. The molecule has 0 fully saturated rings. The van der Waals surface area contributed by atoms with Crippen LogP contribution in [0.15, 0.2) is 23.8 Å². The highest BCUT2D eigenvalue weighted by Gasteiger charge is 2.20. The molecule has 0 aromatic heterocycles. The van der Waals surface area contributed by atoms with Crippen molar-refractivity contribution in [3.8, 4) is 0 Å². The predicted molar refractivity (Wildman–Crippen MR) is 74.4 cm³/mol. The van der Waals surface area contributed by atoms with Crippen molar-refractivity contribution < 1.29 is 0 Å². The minimum Gasteiger partial charge on any atom is -0.310 e. The van der Waals surface area contributed by atoms with Gasteiger partial charge in [-0.05, 0) is 63.8 Å². The summed E-state index contributed by atoms with van der Waals surface area (Å²) in [4.78, 5) is 0. The predicted octanol–water partition coefficient (Wildman–Crippen LogP) is 3.98. The van der Waals surface area contributed by atoms with Crippen LogP contribution in [0.5, 0.6) is 0 Å². The Bertz CT molecular complexity index is 420. The van der Waals surface area contributed by atoms with Crippen LogP contribution < -0.4 is 5.32 Å². The van der Waals surface area contributed by atoms with E-state index >= 15 is 0 Å². The highest BCUT2D eigenvalue weighted by atomic mass is 14.9. The molecule has 0 bridgehead atoms. The fourth-order valence-corrected chi connectivity index (χ4v) is 3.12. The average Bonchev–Trinajstić information content (AvgIpc) is 2.76. The van der Waals surface area contributed by atoms with E-state index in [0.717, 1.165) is 0 Å². The normalized spacial score (nSPS) is 17.1. The van der Waals surface area contributed by atoms with Gasteiger partial charge in [0.05, 0.1) is 6.04 Å². The molecule has 17 heavy (non-hydrogen) atoms. The Morgan fingerprint density at radius 1 is 1.12 bits per heavy atom. The summed E-state index contributed by atoms with van der Waals surface area (Å²) in [6, 6.07) is 5.00. The van der Waals surface area contributed by atoms with Crippen LogP contribution in [0.2, 0.25) is 0 Å². The summed E-state index contributed by atoms with van der Waals surface area (Å²) >= 11 is 0. The lowest BCUT2D eigenvalue weighted by molar-refractivity contribution is 0.648. The Hall–Kier alpha value is -1.08. The van der Waals surface area contributed by atoms with Gasteiger partial charge >= 0.3 is 0 Å². The van der Waals surface area contributed by atoms with E-state index in [0.29, 0.717) is 6.04 Å². The highest BCUT2D eigenvalue weighted by Crippen LogP contribution is 2.34. The zero-order chi connectivity index (χ0) is 12.4. The number of hydrogen-bond donors (Lipinski definition) is 1. The molecule has 2 rings (SSSR count). The van der Waals surface area contributed by atoms with Crippen LogP contribution in [0.1, 0.15) is 47.6 Å². The zero-order valence-corrected chi connectivity index (χ0v) is 11.4. The minimum atomic E-state index is 0.415. The molecule has 0 amide bonds. The van der Waals surface area contributed by atoms with Crippen LogP contribution in [-0.2, 0) is 0 Å². The number of hydrogen-bond acceptors (Lipinski definition) is 1. The van der Waals surface area contributed by atoms with E-state index < -0.39 is 0 Å². The second kappa shape index (κ2) is 5.05. The molecule has 0 heterocycles. The van der Waals surface area contributed by atoms with Gasteiger partial charge < -0.3 is 5.32 Å². The SMILES string of the molecule is CNC(C1=CCCC1)c1c(C)cc(C)cc1C. The highest BCUT2D eigenvalue weighted by molar-refractivity contribution is 5.43. The van der Waals surface area contributed by atoms with Crippen molar-refractivity contribution in [2.75, 3.05) is 7.05 Å². The van der Waals surface area contributed by atoms with E-state index in [2.05, 4.69) is 51.3 Å². The van der Waals surface area contributed by atoms with E-state index in [1.807, 2.05) is 0 Å². The van der Waals surface area contributed by atoms with E-state index in [9.17, 15) is 0 Å². The van der Waals surface area contributed by atoms with Gasteiger partial charge in [0, 0.05) is 0 Å². The van der Waals surface area contributed by atoms with Crippen LogP contribution in [0, 0.1) is 20.8 Å². The molecule has 1 N–H and O–H groups in total. The maximum atomic E-state index is 3.49. The molecular weight excluding hydrogens is 206 g/mol. The molecule has 0 radical (unpaired) electrons. The van der Waals surface area contributed by atoms with E-state index in [-0.39, 0.29) is 0 Å². The van der Waals surface area contributed by atoms with Gasteiger partial charge in [-0.1, -0.05) is 29.3 Å². The lowest BCUT2D eigenvalue weighted by atomic mass is 9.89. The number of allylic oxidation sites excluding steroid dienone is 1. The molecule has 0 spiro atoms.